The average molecular weight is 260 g/mol. The van der Waals surface area contributed by atoms with Gasteiger partial charge in [0.25, 0.3) is 5.91 Å². The van der Waals surface area contributed by atoms with Crippen molar-refractivity contribution in [3.05, 3.63) is 35.9 Å². The van der Waals surface area contributed by atoms with Gasteiger partial charge in [-0.05, 0) is 26.0 Å². The van der Waals surface area contributed by atoms with E-state index in [4.69, 9.17) is 4.74 Å². The second-order valence-corrected chi connectivity index (χ2v) is 4.87. The van der Waals surface area contributed by atoms with Crippen LogP contribution in [0.3, 0.4) is 0 Å². The molecule has 4 heteroatoms. The monoisotopic (exact) mass is 260 g/mol. The molecule has 0 unspecified atom stereocenters. The number of amides is 1. The maximum absolute atomic E-state index is 11.8. The average Bonchev–Trinajstić information content (AvgIpc) is 2.43. The summed E-state index contributed by atoms with van der Waals surface area (Å²) >= 11 is 0. The first-order valence-electron chi connectivity index (χ1n) is 6.47. The molecule has 0 radical (unpaired) electrons. The first kappa shape index (κ1) is 13.5. The van der Waals surface area contributed by atoms with Crippen molar-refractivity contribution in [1.82, 2.24) is 5.32 Å². The molecule has 0 bridgehead atoms. The zero-order chi connectivity index (χ0) is 13.8. The Balaban J connectivity index is 2.26. The number of allylic oxidation sites excluding steroid dienone is 1. The number of benzene rings is 1. The molecule has 0 aliphatic carbocycles. The van der Waals surface area contributed by atoms with E-state index in [-0.39, 0.29) is 5.91 Å². The van der Waals surface area contributed by atoms with Crippen LogP contribution >= 0.6 is 0 Å². The lowest BCUT2D eigenvalue weighted by atomic mass is 10.1. The van der Waals surface area contributed by atoms with Gasteiger partial charge in [-0.25, -0.2) is 0 Å². The number of fused-ring (bicyclic) bond motifs is 1. The number of nitrogens with zero attached hydrogens (tertiary/aromatic N) is 1. The molecular weight excluding hydrogens is 240 g/mol. The van der Waals surface area contributed by atoms with Gasteiger partial charge in [-0.3, -0.25) is 4.79 Å². The van der Waals surface area contributed by atoms with E-state index in [1.165, 1.54) is 5.57 Å². The van der Waals surface area contributed by atoms with Gasteiger partial charge in [-0.2, -0.15) is 0 Å². The summed E-state index contributed by atoms with van der Waals surface area (Å²) in [6.07, 6.45) is 1.70. The second-order valence-electron chi connectivity index (χ2n) is 4.87. The summed E-state index contributed by atoms with van der Waals surface area (Å²) in [7, 11) is 1.63. The third kappa shape index (κ3) is 3.08. The second kappa shape index (κ2) is 5.78. The van der Waals surface area contributed by atoms with Gasteiger partial charge < -0.3 is 15.0 Å². The van der Waals surface area contributed by atoms with Crippen LogP contribution in [0, 0.1) is 0 Å². The van der Waals surface area contributed by atoms with Crippen LogP contribution in [0.2, 0.25) is 0 Å². The minimum atomic E-state index is -0.453. The zero-order valence-electron chi connectivity index (χ0n) is 11.6. The molecule has 1 aromatic carbocycles. The summed E-state index contributed by atoms with van der Waals surface area (Å²) in [5, 5.41) is 2.64. The number of likely N-dealkylation sites (N-methyl/N-ethyl adjacent to an activating group) is 1. The van der Waals surface area contributed by atoms with Gasteiger partial charge in [0.15, 0.2) is 6.10 Å². The number of para-hydroxylation sites is 2. The number of hydrogen-bond acceptors (Lipinski definition) is 3. The number of rotatable bonds is 3. The van der Waals surface area contributed by atoms with E-state index in [9.17, 15) is 4.79 Å². The summed E-state index contributed by atoms with van der Waals surface area (Å²) in [5.41, 5.74) is 2.31. The lowest BCUT2D eigenvalue weighted by molar-refractivity contribution is -0.127. The van der Waals surface area contributed by atoms with Crippen LogP contribution < -0.4 is 15.0 Å². The first-order chi connectivity index (χ1) is 9.11. The molecular formula is C15H20N2O2. The number of nitrogens with one attached hydrogen (secondary N) is 1. The SMILES string of the molecule is CNC(=O)[C@@H]1CN(CC=C(C)C)c2ccccc2O1. The van der Waals surface area contributed by atoms with Gasteiger partial charge in [0.2, 0.25) is 0 Å². The standard InChI is InChI=1S/C15H20N2O2/c1-11(2)8-9-17-10-14(15(18)16-3)19-13-7-5-4-6-12(13)17/h4-8,14H,9-10H2,1-3H3,(H,16,18)/t14-/m0/s1. The fourth-order valence-electron chi connectivity index (χ4n) is 2.07. The number of hydrogen-bond donors (Lipinski definition) is 1. The fourth-order valence-corrected chi connectivity index (χ4v) is 2.07. The Bertz CT molecular complexity index is 493. The van der Waals surface area contributed by atoms with Crippen molar-refractivity contribution in [2.75, 3.05) is 25.0 Å². The predicted molar refractivity (Wildman–Crippen MR) is 76.6 cm³/mol. The Hall–Kier alpha value is -1.97. The molecule has 0 saturated carbocycles. The summed E-state index contributed by atoms with van der Waals surface area (Å²) in [6.45, 7) is 5.50. The maximum atomic E-state index is 11.8. The van der Waals surface area contributed by atoms with Crippen LogP contribution in [0.4, 0.5) is 5.69 Å². The molecule has 1 N–H and O–H groups in total. The minimum Gasteiger partial charge on any atom is -0.477 e. The Morgan fingerprint density at radius 1 is 1.47 bits per heavy atom. The molecule has 2 rings (SSSR count). The van der Waals surface area contributed by atoms with Gasteiger partial charge in [0, 0.05) is 13.6 Å². The summed E-state index contributed by atoms with van der Waals surface area (Å²) in [5.74, 6) is 0.682. The Labute approximate surface area is 114 Å². The highest BCUT2D eigenvalue weighted by Gasteiger charge is 2.29. The van der Waals surface area contributed by atoms with E-state index >= 15 is 0 Å². The predicted octanol–water partition coefficient (Wildman–Crippen LogP) is 1.97. The quantitative estimate of drug-likeness (QED) is 0.845. The lowest BCUT2D eigenvalue weighted by Gasteiger charge is -2.34. The van der Waals surface area contributed by atoms with E-state index in [2.05, 4.69) is 30.1 Å². The normalized spacial score (nSPS) is 17.2. The Kier molecular flexibility index (Phi) is 4.10. The minimum absolute atomic E-state index is 0.0864. The zero-order valence-corrected chi connectivity index (χ0v) is 11.6. The van der Waals surface area contributed by atoms with Crippen LogP contribution in [-0.4, -0.2) is 32.1 Å². The van der Waals surface area contributed by atoms with Crippen molar-refractivity contribution < 1.29 is 9.53 Å². The van der Waals surface area contributed by atoms with Crippen molar-refractivity contribution in [1.29, 1.82) is 0 Å². The van der Waals surface area contributed by atoms with E-state index in [1.807, 2.05) is 24.3 Å². The highest BCUT2D eigenvalue weighted by atomic mass is 16.5. The smallest absolute Gasteiger partial charge is 0.262 e. The lowest BCUT2D eigenvalue weighted by Crippen LogP contribution is -2.48. The van der Waals surface area contributed by atoms with E-state index < -0.39 is 6.10 Å². The molecule has 0 fully saturated rings. The van der Waals surface area contributed by atoms with Gasteiger partial charge in [0.1, 0.15) is 5.75 Å². The van der Waals surface area contributed by atoms with Crippen molar-refractivity contribution in [3.63, 3.8) is 0 Å². The van der Waals surface area contributed by atoms with Crippen molar-refractivity contribution in [2.24, 2.45) is 0 Å². The van der Waals surface area contributed by atoms with Crippen LogP contribution in [-0.2, 0) is 4.79 Å². The van der Waals surface area contributed by atoms with Gasteiger partial charge in [0.05, 0.1) is 12.2 Å². The molecule has 1 amide bonds. The Morgan fingerprint density at radius 3 is 2.89 bits per heavy atom. The summed E-state index contributed by atoms with van der Waals surface area (Å²) in [4.78, 5) is 14.0. The number of anilines is 1. The first-order valence-corrected chi connectivity index (χ1v) is 6.47. The van der Waals surface area contributed by atoms with Crippen molar-refractivity contribution in [3.8, 4) is 5.75 Å². The molecule has 19 heavy (non-hydrogen) atoms. The highest BCUT2D eigenvalue weighted by Crippen LogP contribution is 2.32. The maximum Gasteiger partial charge on any atom is 0.262 e. The molecule has 1 aliphatic heterocycles. The molecule has 1 aromatic rings. The van der Waals surface area contributed by atoms with Gasteiger partial charge >= 0.3 is 0 Å². The molecule has 0 saturated heterocycles. The number of carbonyl (C=O) groups is 1. The Morgan fingerprint density at radius 2 is 2.21 bits per heavy atom. The van der Waals surface area contributed by atoms with Gasteiger partial charge in [-0.15, -0.1) is 0 Å². The molecule has 1 aliphatic rings. The molecule has 0 spiro atoms. The van der Waals surface area contributed by atoms with E-state index in [0.717, 1.165) is 18.0 Å². The van der Waals surface area contributed by atoms with Gasteiger partial charge in [-0.1, -0.05) is 23.8 Å². The summed E-state index contributed by atoms with van der Waals surface area (Å²) < 4.78 is 5.75. The molecule has 1 atom stereocenters. The van der Waals surface area contributed by atoms with Crippen molar-refractivity contribution >= 4 is 11.6 Å². The fraction of sp³-hybridized carbons (Fsp3) is 0.400. The van der Waals surface area contributed by atoms with Crippen LogP contribution in [0.15, 0.2) is 35.9 Å². The topological polar surface area (TPSA) is 41.6 Å². The number of carbonyl (C=O) groups excluding carboxylic acids is 1. The van der Waals surface area contributed by atoms with Crippen LogP contribution in [0.25, 0.3) is 0 Å². The molecule has 1 heterocycles. The number of ether oxygens (including phenoxy) is 1. The third-order valence-corrected chi connectivity index (χ3v) is 3.12. The van der Waals surface area contributed by atoms with Crippen LogP contribution in [0.1, 0.15) is 13.8 Å². The third-order valence-electron chi connectivity index (χ3n) is 3.12. The van der Waals surface area contributed by atoms with E-state index in [0.29, 0.717) is 6.54 Å². The molecule has 4 nitrogen and oxygen atoms in total. The van der Waals surface area contributed by atoms with Crippen molar-refractivity contribution in [2.45, 2.75) is 20.0 Å². The van der Waals surface area contributed by atoms with Crippen LogP contribution in [0.5, 0.6) is 5.75 Å². The molecule has 102 valence electrons. The molecule has 0 aromatic heterocycles. The highest BCUT2D eigenvalue weighted by molar-refractivity contribution is 5.83. The summed E-state index contributed by atoms with van der Waals surface area (Å²) in [6, 6.07) is 7.83. The largest absolute Gasteiger partial charge is 0.477 e. The van der Waals surface area contributed by atoms with E-state index in [1.54, 1.807) is 7.05 Å².